The minimum Gasteiger partial charge on any atom is -0.508 e. The number of nitrogens with zero attached hydrogens (tertiary/aromatic N) is 3. The fraction of sp³-hybridized carbons (Fsp3) is 0.207. The highest BCUT2D eigenvalue weighted by Crippen LogP contribution is 2.19. The molecule has 43 heavy (non-hydrogen) atoms. The highest BCUT2D eigenvalue weighted by atomic mass is 32.2. The second kappa shape index (κ2) is 13.7. The predicted octanol–water partition coefficient (Wildman–Crippen LogP) is 1.68. The maximum Gasteiger partial charge on any atom is 0.328 e. The molecule has 0 fully saturated rings. The van der Waals surface area contributed by atoms with Crippen molar-refractivity contribution in [1.29, 1.82) is 0 Å². The first-order valence-corrected chi connectivity index (χ1v) is 14.4. The van der Waals surface area contributed by atoms with Crippen LogP contribution in [0.15, 0.2) is 90.0 Å². The van der Waals surface area contributed by atoms with E-state index in [1.54, 1.807) is 54.6 Å². The van der Waals surface area contributed by atoms with E-state index in [2.05, 4.69) is 20.4 Å². The lowest BCUT2D eigenvalue weighted by molar-refractivity contribution is -0.143. The molecule has 13 nitrogen and oxygen atoms in total. The summed E-state index contributed by atoms with van der Waals surface area (Å²) in [5.41, 5.74) is 1.79. The zero-order chi connectivity index (χ0) is 31.0. The Kier molecular flexibility index (Phi) is 9.85. The number of hydrogen-bond donors (Lipinski definition) is 3. The maximum absolute atomic E-state index is 13.1. The molecular weight excluding hydrogens is 578 g/mol. The molecule has 224 valence electrons. The Morgan fingerprint density at radius 3 is 2.26 bits per heavy atom. The topological polar surface area (TPSA) is 179 Å². The number of carbonyl (C=O) groups excluding carboxylic acids is 3. The van der Waals surface area contributed by atoms with Gasteiger partial charge in [0.1, 0.15) is 23.5 Å². The molecule has 0 saturated carbocycles. The predicted molar refractivity (Wildman–Crippen MR) is 153 cm³/mol. The molecule has 3 aromatic carbocycles. The zero-order valence-corrected chi connectivity index (χ0v) is 24.0. The number of rotatable bonds is 12. The van der Waals surface area contributed by atoms with Gasteiger partial charge in [-0.05, 0) is 42.0 Å². The quantitative estimate of drug-likeness (QED) is 0.201. The third-order valence-corrected chi connectivity index (χ3v) is 7.82. The van der Waals surface area contributed by atoms with Gasteiger partial charge in [-0.25, -0.2) is 17.9 Å². The molecule has 0 spiro atoms. The van der Waals surface area contributed by atoms with E-state index in [-0.39, 0.29) is 29.2 Å². The number of benzene rings is 3. The van der Waals surface area contributed by atoms with E-state index in [0.717, 1.165) is 7.11 Å². The molecule has 0 saturated heterocycles. The van der Waals surface area contributed by atoms with Crippen LogP contribution in [0.5, 0.6) is 5.75 Å². The van der Waals surface area contributed by atoms with Crippen molar-refractivity contribution in [2.75, 3.05) is 14.2 Å². The highest BCUT2D eigenvalue weighted by Gasteiger charge is 2.28. The number of nitrogens with one attached hydrogen (secondary N) is 2. The summed E-state index contributed by atoms with van der Waals surface area (Å²) in [6.45, 7) is -0.218. The number of carbonyl (C=O) groups is 3. The average Bonchev–Trinajstić information content (AvgIpc) is 3.49. The lowest BCUT2D eigenvalue weighted by Crippen LogP contribution is -2.44. The summed E-state index contributed by atoms with van der Waals surface area (Å²) in [5.74, 6) is -1.92. The van der Waals surface area contributed by atoms with Crippen molar-refractivity contribution in [2.45, 2.75) is 29.9 Å². The Labute approximate surface area is 247 Å². The molecule has 0 unspecified atom stereocenters. The van der Waals surface area contributed by atoms with Gasteiger partial charge in [-0.1, -0.05) is 47.7 Å². The number of aromatic nitrogens is 3. The van der Waals surface area contributed by atoms with Gasteiger partial charge in [0.25, 0.3) is 5.91 Å². The summed E-state index contributed by atoms with van der Waals surface area (Å²) in [7, 11) is -1.67. The number of methoxy groups -OCH3 is 2. The second-order valence-corrected chi connectivity index (χ2v) is 11.1. The van der Waals surface area contributed by atoms with Crippen molar-refractivity contribution >= 4 is 27.9 Å². The van der Waals surface area contributed by atoms with Gasteiger partial charge in [0.2, 0.25) is 10.0 Å². The third kappa shape index (κ3) is 8.02. The molecule has 4 aromatic rings. The van der Waals surface area contributed by atoms with Crippen molar-refractivity contribution in [2.24, 2.45) is 0 Å². The Morgan fingerprint density at radius 2 is 1.58 bits per heavy atom. The van der Waals surface area contributed by atoms with Crippen molar-refractivity contribution in [1.82, 2.24) is 25.0 Å². The first kappa shape index (κ1) is 30.9. The van der Waals surface area contributed by atoms with Gasteiger partial charge >= 0.3 is 11.9 Å². The SMILES string of the molecule is COC(=O)[C@H](Cc1ccc(O)cc1)NC(=O)c1cccc(-c2cn(C[C@H](NS(=O)(=O)c3ccccc3)C(=O)OC)nn2)c1. The van der Waals surface area contributed by atoms with Crippen LogP contribution in [-0.4, -0.2) is 72.7 Å². The molecule has 1 amide bonds. The molecule has 1 aromatic heterocycles. The number of amides is 1. The van der Waals surface area contributed by atoms with E-state index in [1.807, 2.05) is 0 Å². The lowest BCUT2D eigenvalue weighted by Gasteiger charge is -2.17. The molecule has 0 aliphatic heterocycles. The molecule has 3 N–H and O–H groups in total. The van der Waals surface area contributed by atoms with E-state index < -0.39 is 40.0 Å². The van der Waals surface area contributed by atoms with E-state index in [4.69, 9.17) is 9.47 Å². The van der Waals surface area contributed by atoms with Gasteiger partial charge in [-0.15, -0.1) is 5.10 Å². The molecule has 0 aliphatic carbocycles. The van der Waals surface area contributed by atoms with Gasteiger partial charge < -0.3 is 19.9 Å². The van der Waals surface area contributed by atoms with Crippen LogP contribution in [0.3, 0.4) is 0 Å². The number of esters is 2. The molecule has 0 aliphatic rings. The summed E-state index contributed by atoms with van der Waals surface area (Å²) >= 11 is 0. The first-order chi connectivity index (χ1) is 20.6. The summed E-state index contributed by atoms with van der Waals surface area (Å²) in [5, 5.41) is 20.3. The van der Waals surface area contributed by atoms with Gasteiger partial charge in [0.05, 0.1) is 31.9 Å². The van der Waals surface area contributed by atoms with Crippen LogP contribution in [0.25, 0.3) is 11.3 Å². The summed E-state index contributed by atoms with van der Waals surface area (Å²) in [4.78, 5) is 37.9. The number of sulfonamides is 1. The van der Waals surface area contributed by atoms with Gasteiger partial charge in [0.15, 0.2) is 0 Å². The smallest absolute Gasteiger partial charge is 0.328 e. The minimum atomic E-state index is -4.04. The molecule has 14 heteroatoms. The van der Waals surface area contributed by atoms with E-state index in [0.29, 0.717) is 16.8 Å². The fourth-order valence-electron chi connectivity index (χ4n) is 4.13. The fourth-order valence-corrected chi connectivity index (χ4v) is 5.33. The maximum atomic E-state index is 13.1. The van der Waals surface area contributed by atoms with Gasteiger partial charge in [-0.2, -0.15) is 4.72 Å². The number of phenols is 1. The molecule has 0 radical (unpaired) electrons. The Hall–Kier alpha value is -5.08. The van der Waals surface area contributed by atoms with Crippen LogP contribution in [0, 0.1) is 0 Å². The van der Waals surface area contributed by atoms with Crippen molar-refractivity contribution < 1.29 is 37.4 Å². The lowest BCUT2D eigenvalue weighted by atomic mass is 10.0. The van der Waals surface area contributed by atoms with Crippen LogP contribution < -0.4 is 10.0 Å². The molecule has 4 rings (SSSR count). The average molecular weight is 608 g/mol. The first-order valence-electron chi connectivity index (χ1n) is 12.9. The number of ether oxygens (including phenoxy) is 2. The van der Waals surface area contributed by atoms with Gasteiger partial charge in [-0.3, -0.25) is 9.59 Å². The number of hydrogen-bond acceptors (Lipinski definition) is 10. The van der Waals surface area contributed by atoms with E-state index in [1.165, 1.54) is 42.3 Å². The van der Waals surface area contributed by atoms with Crippen LogP contribution in [-0.2, 0) is 42.1 Å². The molecule has 2 atom stereocenters. The van der Waals surface area contributed by atoms with Crippen LogP contribution in [0.1, 0.15) is 15.9 Å². The molecule has 0 bridgehead atoms. The van der Waals surface area contributed by atoms with E-state index in [9.17, 15) is 27.9 Å². The number of aromatic hydroxyl groups is 1. The van der Waals surface area contributed by atoms with Crippen molar-refractivity contribution in [3.8, 4) is 17.0 Å². The van der Waals surface area contributed by atoms with Crippen molar-refractivity contribution in [3.63, 3.8) is 0 Å². The molecule has 1 heterocycles. The largest absolute Gasteiger partial charge is 0.508 e. The zero-order valence-electron chi connectivity index (χ0n) is 23.2. The van der Waals surface area contributed by atoms with Crippen LogP contribution >= 0.6 is 0 Å². The highest BCUT2D eigenvalue weighted by molar-refractivity contribution is 7.89. The normalized spacial score (nSPS) is 12.6. The minimum absolute atomic E-state index is 0.0178. The summed E-state index contributed by atoms with van der Waals surface area (Å²) in [6.07, 6.45) is 1.63. The monoisotopic (exact) mass is 607 g/mol. The third-order valence-electron chi connectivity index (χ3n) is 6.33. The standard InChI is InChI=1S/C29H29N5O8S/c1-41-28(37)24(15-19-11-13-22(35)14-12-19)30-27(36)21-8-6-7-20(16-21)25-17-34(33-31-25)18-26(29(38)42-2)32-43(39,40)23-9-4-3-5-10-23/h3-14,16-17,24,26,32,35H,15,18H2,1-2H3,(H,30,36)/t24-,26-/m0/s1. The Bertz CT molecular complexity index is 1690. The van der Waals surface area contributed by atoms with Crippen molar-refractivity contribution in [3.05, 3.63) is 96.2 Å². The van der Waals surface area contributed by atoms with Gasteiger partial charge in [0, 0.05) is 17.5 Å². The van der Waals surface area contributed by atoms with E-state index >= 15 is 0 Å². The second-order valence-electron chi connectivity index (χ2n) is 9.34. The Balaban J connectivity index is 1.49. The van der Waals surface area contributed by atoms with Crippen LogP contribution in [0.2, 0.25) is 0 Å². The summed E-state index contributed by atoms with van der Waals surface area (Å²) < 4.78 is 38.8. The molecular formula is C29H29N5O8S. The summed E-state index contributed by atoms with van der Waals surface area (Å²) in [6, 6.07) is 18.0. The Morgan fingerprint density at radius 1 is 0.907 bits per heavy atom. The number of phenolic OH excluding ortho intramolecular Hbond substituents is 1. The van der Waals surface area contributed by atoms with Crippen LogP contribution in [0.4, 0.5) is 0 Å².